The molecule has 3 heteroatoms. The second kappa shape index (κ2) is 6.60. The summed E-state index contributed by atoms with van der Waals surface area (Å²) < 4.78 is 0. The van der Waals surface area contributed by atoms with E-state index in [1.807, 2.05) is 31.2 Å². The van der Waals surface area contributed by atoms with E-state index in [0.29, 0.717) is 6.04 Å². The summed E-state index contributed by atoms with van der Waals surface area (Å²) in [5, 5.41) is 6.40. The minimum atomic E-state index is -0.190. The lowest BCUT2D eigenvalue weighted by molar-refractivity contribution is -0.122. The molecular formula is C16H24N2O. The molecule has 2 rings (SSSR count). The van der Waals surface area contributed by atoms with Gasteiger partial charge in [-0.1, -0.05) is 37.0 Å². The van der Waals surface area contributed by atoms with Crippen molar-refractivity contribution in [3.63, 3.8) is 0 Å². The highest BCUT2D eigenvalue weighted by molar-refractivity contribution is 5.84. The molecule has 1 fully saturated rings. The van der Waals surface area contributed by atoms with Crippen LogP contribution in [0.3, 0.4) is 0 Å². The third kappa shape index (κ3) is 4.27. The quantitative estimate of drug-likeness (QED) is 0.872. The van der Waals surface area contributed by atoms with Crippen LogP contribution in [-0.2, 0) is 4.79 Å². The molecule has 0 radical (unpaired) electrons. The van der Waals surface area contributed by atoms with E-state index in [1.54, 1.807) is 0 Å². The molecule has 1 aliphatic rings. The lowest BCUT2D eigenvalue weighted by Gasteiger charge is -2.25. The lowest BCUT2D eigenvalue weighted by Crippen LogP contribution is -2.43. The summed E-state index contributed by atoms with van der Waals surface area (Å²) >= 11 is 0. The number of carbonyl (C=O) groups excluding carboxylic acids is 1. The Balaban J connectivity index is 1.83. The fourth-order valence-electron chi connectivity index (χ4n) is 2.54. The zero-order valence-corrected chi connectivity index (χ0v) is 11.9. The molecule has 0 saturated heterocycles. The molecule has 1 aliphatic carbocycles. The predicted molar refractivity (Wildman–Crippen MR) is 79.3 cm³/mol. The van der Waals surface area contributed by atoms with Gasteiger partial charge in [-0.25, -0.2) is 0 Å². The lowest BCUT2D eigenvalue weighted by atomic mass is 9.95. The normalized spacial score (nSPS) is 17.8. The molecule has 3 nitrogen and oxygen atoms in total. The minimum absolute atomic E-state index is 0.104. The summed E-state index contributed by atoms with van der Waals surface area (Å²) in [5.74, 6) is 0.104. The van der Waals surface area contributed by atoms with Crippen LogP contribution >= 0.6 is 0 Å². The molecule has 0 heterocycles. The molecule has 1 aromatic rings. The molecule has 1 atom stereocenters. The zero-order valence-electron chi connectivity index (χ0n) is 11.9. The maximum atomic E-state index is 12.1. The van der Waals surface area contributed by atoms with Crippen LogP contribution in [0.1, 0.15) is 44.6 Å². The summed E-state index contributed by atoms with van der Waals surface area (Å²) in [6.45, 7) is 3.97. The zero-order chi connectivity index (χ0) is 13.7. The van der Waals surface area contributed by atoms with Crippen molar-refractivity contribution >= 4 is 11.6 Å². The number of nitrogens with one attached hydrogen (secondary N) is 2. The summed E-state index contributed by atoms with van der Waals surface area (Å²) in [7, 11) is 0. The van der Waals surface area contributed by atoms with Crippen molar-refractivity contribution in [2.24, 2.45) is 0 Å². The molecule has 19 heavy (non-hydrogen) atoms. The first-order chi connectivity index (χ1) is 9.15. The number of carbonyl (C=O) groups is 1. The van der Waals surface area contributed by atoms with Crippen molar-refractivity contribution in [1.82, 2.24) is 5.32 Å². The molecule has 0 spiro atoms. The van der Waals surface area contributed by atoms with Gasteiger partial charge in [-0.05, 0) is 38.8 Å². The second-order valence-corrected chi connectivity index (χ2v) is 5.58. The maximum absolute atomic E-state index is 12.1. The Kier molecular flexibility index (Phi) is 4.83. The van der Waals surface area contributed by atoms with Gasteiger partial charge in [0.2, 0.25) is 5.91 Å². The Morgan fingerprint density at radius 2 is 1.79 bits per heavy atom. The van der Waals surface area contributed by atoms with Gasteiger partial charge in [-0.3, -0.25) is 4.79 Å². The van der Waals surface area contributed by atoms with Crippen molar-refractivity contribution in [2.45, 2.75) is 58.0 Å². The summed E-state index contributed by atoms with van der Waals surface area (Å²) in [6, 6.07) is 8.31. The average Bonchev–Trinajstić information content (AvgIpc) is 2.42. The van der Waals surface area contributed by atoms with E-state index in [1.165, 1.54) is 24.8 Å². The fourth-order valence-corrected chi connectivity index (χ4v) is 2.54. The van der Waals surface area contributed by atoms with Gasteiger partial charge in [0, 0.05) is 11.7 Å². The number of aryl methyl sites for hydroxylation is 1. The number of amides is 1. The first-order valence-corrected chi connectivity index (χ1v) is 7.29. The average molecular weight is 260 g/mol. The molecule has 2 N–H and O–H groups in total. The smallest absolute Gasteiger partial charge is 0.242 e. The van der Waals surface area contributed by atoms with Gasteiger partial charge in [0.25, 0.3) is 0 Å². The van der Waals surface area contributed by atoms with Crippen LogP contribution in [0.25, 0.3) is 0 Å². The van der Waals surface area contributed by atoms with E-state index in [9.17, 15) is 4.79 Å². The van der Waals surface area contributed by atoms with Crippen molar-refractivity contribution in [3.05, 3.63) is 29.8 Å². The highest BCUT2D eigenvalue weighted by Crippen LogP contribution is 2.17. The van der Waals surface area contributed by atoms with Crippen LogP contribution in [-0.4, -0.2) is 18.0 Å². The van der Waals surface area contributed by atoms with Crippen LogP contribution in [0.5, 0.6) is 0 Å². The molecule has 1 saturated carbocycles. The Hall–Kier alpha value is -1.51. The number of benzene rings is 1. The molecule has 0 aromatic heterocycles. The third-order valence-corrected chi connectivity index (χ3v) is 3.78. The van der Waals surface area contributed by atoms with E-state index in [4.69, 9.17) is 0 Å². The Morgan fingerprint density at radius 1 is 1.16 bits per heavy atom. The summed E-state index contributed by atoms with van der Waals surface area (Å²) in [4.78, 5) is 12.1. The van der Waals surface area contributed by atoms with Crippen LogP contribution in [0.2, 0.25) is 0 Å². The van der Waals surface area contributed by atoms with Crippen LogP contribution < -0.4 is 10.6 Å². The summed E-state index contributed by atoms with van der Waals surface area (Å²) in [6.07, 6.45) is 6.05. The Labute approximate surface area is 115 Å². The van der Waals surface area contributed by atoms with Crippen molar-refractivity contribution in [2.75, 3.05) is 5.32 Å². The molecule has 0 unspecified atom stereocenters. The van der Waals surface area contributed by atoms with Gasteiger partial charge < -0.3 is 10.6 Å². The van der Waals surface area contributed by atoms with E-state index in [2.05, 4.69) is 17.6 Å². The molecule has 0 aliphatic heterocycles. The first-order valence-electron chi connectivity index (χ1n) is 7.29. The van der Waals surface area contributed by atoms with Crippen molar-refractivity contribution < 1.29 is 4.79 Å². The monoisotopic (exact) mass is 260 g/mol. The third-order valence-electron chi connectivity index (χ3n) is 3.78. The van der Waals surface area contributed by atoms with Gasteiger partial charge in [0.15, 0.2) is 0 Å². The molecule has 1 amide bonds. The van der Waals surface area contributed by atoms with Gasteiger partial charge >= 0.3 is 0 Å². The van der Waals surface area contributed by atoms with Crippen LogP contribution in [0, 0.1) is 6.92 Å². The molecule has 104 valence electrons. The molecule has 0 bridgehead atoms. The molecular weight excluding hydrogens is 236 g/mol. The maximum Gasteiger partial charge on any atom is 0.242 e. The largest absolute Gasteiger partial charge is 0.374 e. The van der Waals surface area contributed by atoms with E-state index >= 15 is 0 Å². The van der Waals surface area contributed by atoms with E-state index in [0.717, 1.165) is 18.5 Å². The standard InChI is InChI=1S/C16H24N2O/c1-12-8-10-15(11-9-12)17-13(2)16(19)18-14-6-4-3-5-7-14/h8-11,13-14,17H,3-7H2,1-2H3,(H,18,19)/t13-/m0/s1. The fraction of sp³-hybridized carbons (Fsp3) is 0.562. The summed E-state index contributed by atoms with van der Waals surface area (Å²) in [5.41, 5.74) is 2.22. The second-order valence-electron chi connectivity index (χ2n) is 5.58. The van der Waals surface area contributed by atoms with Crippen LogP contribution in [0.4, 0.5) is 5.69 Å². The minimum Gasteiger partial charge on any atom is -0.374 e. The number of hydrogen-bond donors (Lipinski definition) is 2. The Bertz CT molecular complexity index is 407. The Morgan fingerprint density at radius 3 is 2.42 bits per heavy atom. The number of hydrogen-bond acceptors (Lipinski definition) is 2. The molecule has 1 aromatic carbocycles. The van der Waals surface area contributed by atoms with Gasteiger partial charge in [0.05, 0.1) is 0 Å². The predicted octanol–water partition coefficient (Wildman–Crippen LogP) is 3.24. The van der Waals surface area contributed by atoms with Gasteiger partial charge in [-0.15, -0.1) is 0 Å². The van der Waals surface area contributed by atoms with Gasteiger partial charge in [-0.2, -0.15) is 0 Å². The SMILES string of the molecule is Cc1ccc(N[C@@H](C)C(=O)NC2CCCCC2)cc1. The van der Waals surface area contributed by atoms with Crippen molar-refractivity contribution in [1.29, 1.82) is 0 Å². The highest BCUT2D eigenvalue weighted by atomic mass is 16.2. The van der Waals surface area contributed by atoms with E-state index in [-0.39, 0.29) is 11.9 Å². The van der Waals surface area contributed by atoms with Crippen LogP contribution in [0.15, 0.2) is 24.3 Å². The van der Waals surface area contributed by atoms with Crippen molar-refractivity contribution in [3.8, 4) is 0 Å². The number of rotatable bonds is 4. The first kappa shape index (κ1) is 13.9. The number of anilines is 1. The topological polar surface area (TPSA) is 41.1 Å². The highest BCUT2D eigenvalue weighted by Gasteiger charge is 2.19. The van der Waals surface area contributed by atoms with E-state index < -0.39 is 0 Å². The van der Waals surface area contributed by atoms with Gasteiger partial charge in [0.1, 0.15) is 6.04 Å².